The number of halogens is 1. The molecule has 0 aromatic heterocycles. The first-order valence-electron chi connectivity index (χ1n) is 8.05. The molecule has 0 saturated heterocycles. The van der Waals surface area contributed by atoms with Crippen LogP contribution in [0.2, 0.25) is 5.02 Å². The largest absolute Gasteiger partial charge is 0.490 e. The van der Waals surface area contributed by atoms with E-state index in [1.807, 2.05) is 0 Å². The molecule has 28 heavy (non-hydrogen) atoms. The predicted molar refractivity (Wildman–Crippen MR) is 101 cm³/mol. The van der Waals surface area contributed by atoms with E-state index in [0.717, 1.165) is 24.5 Å². The van der Waals surface area contributed by atoms with Crippen molar-refractivity contribution in [2.24, 2.45) is 0 Å². The van der Waals surface area contributed by atoms with Gasteiger partial charge in [-0.3, -0.25) is 14.9 Å². The zero-order chi connectivity index (χ0) is 20.5. The maximum atomic E-state index is 12.6. The van der Waals surface area contributed by atoms with Crippen molar-refractivity contribution >= 4 is 38.7 Å². The smallest absolute Gasteiger partial charge is 0.271 e. The number of fused-ring (bicyclic) bond motifs is 1. The summed E-state index contributed by atoms with van der Waals surface area (Å²) in [4.78, 5) is 22.6. The zero-order valence-electron chi connectivity index (χ0n) is 14.6. The molecule has 1 N–H and O–H groups in total. The molecule has 0 atom stereocenters. The first kappa shape index (κ1) is 19.9. The molecule has 1 aliphatic heterocycles. The Balaban J connectivity index is 1.96. The molecule has 0 unspecified atom stereocenters. The van der Waals surface area contributed by atoms with E-state index in [9.17, 15) is 23.3 Å². The molecule has 0 bridgehead atoms. The summed E-state index contributed by atoms with van der Waals surface area (Å²) in [6.45, 7) is 0.904. The number of rotatable bonds is 4. The number of non-ortho nitro benzene ring substituents is 1. The highest BCUT2D eigenvalue weighted by Crippen LogP contribution is 2.38. The van der Waals surface area contributed by atoms with Crippen molar-refractivity contribution in [3.63, 3.8) is 0 Å². The molecule has 1 aliphatic rings. The number of ether oxygens (including phenoxy) is 2. The van der Waals surface area contributed by atoms with Crippen LogP contribution in [0.4, 0.5) is 11.4 Å². The molecule has 0 aliphatic carbocycles. The van der Waals surface area contributed by atoms with Crippen LogP contribution in [-0.2, 0) is 9.84 Å². The van der Waals surface area contributed by atoms with Crippen molar-refractivity contribution in [1.82, 2.24) is 0 Å². The van der Waals surface area contributed by atoms with Gasteiger partial charge in [-0.25, -0.2) is 8.42 Å². The second-order valence-corrected chi connectivity index (χ2v) is 8.45. The predicted octanol–water partition coefficient (Wildman–Crippen LogP) is 3.07. The maximum absolute atomic E-state index is 12.6. The van der Waals surface area contributed by atoms with Gasteiger partial charge in [-0.1, -0.05) is 11.6 Å². The highest BCUT2D eigenvalue weighted by Gasteiger charge is 2.21. The molecule has 0 fully saturated rings. The molecule has 0 radical (unpaired) electrons. The molecule has 1 amide bonds. The summed E-state index contributed by atoms with van der Waals surface area (Å²) in [6, 6.07) is 5.92. The summed E-state index contributed by atoms with van der Waals surface area (Å²) >= 11 is 6.18. The summed E-state index contributed by atoms with van der Waals surface area (Å²) in [5.74, 6) is 0.0771. The van der Waals surface area contributed by atoms with Gasteiger partial charge in [-0.05, 0) is 6.07 Å². The van der Waals surface area contributed by atoms with E-state index in [1.165, 1.54) is 12.1 Å². The van der Waals surface area contributed by atoms with Gasteiger partial charge in [0.25, 0.3) is 11.6 Å². The number of nitrogens with zero attached hydrogens (tertiary/aromatic N) is 1. The number of amides is 1. The summed E-state index contributed by atoms with van der Waals surface area (Å²) in [5, 5.41) is 13.8. The average molecular weight is 427 g/mol. The van der Waals surface area contributed by atoms with Crippen LogP contribution in [0.3, 0.4) is 0 Å². The fourth-order valence-corrected chi connectivity index (χ4v) is 3.38. The molecule has 148 valence electrons. The van der Waals surface area contributed by atoms with E-state index in [2.05, 4.69) is 5.32 Å². The second kappa shape index (κ2) is 7.64. The van der Waals surface area contributed by atoms with Gasteiger partial charge in [-0.2, -0.15) is 0 Å². The van der Waals surface area contributed by atoms with Crippen LogP contribution in [0.5, 0.6) is 11.5 Å². The molecular weight excluding hydrogens is 412 g/mol. The van der Waals surface area contributed by atoms with E-state index in [0.29, 0.717) is 31.1 Å². The average Bonchev–Trinajstić information content (AvgIpc) is 2.85. The summed E-state index contributed by atoms with van der Waals surface area (Å²) in [6.07, 6.45) is 1.59. The molecule has 2 aromatic rings. The molecular formula is C17H15ClN2O7S. The maximum Gasteiger partial charge on any atom is 0.271 e. The number of carbonyl (C=O) groups excluding carboxylic acids is 1. The van der Waals surface area contributed by atoms with Crippen LogP contribution < -0.4 is 14.8 Å². The Kier molecular flexibility index (Phi) is 5.43. The van der Waals surface area contributed by atoms with Gasteiger partial charge < -0.3 is 14.8 Å². The van der Waals surface area contributed by atoms with Crippen molar-refractivity contribution in [1.29, 1.82) is 0 Å². The first-order valence-corrected chi connectivity index (χ1v) is 10.3. The van der Waals surface area contributed by atoms with Gasteiger partial charge >= 0.3 is 0 Å². The van der Waals surface area contributed by atoms with Crippen LogP contribution in [0, 0.1) is 10.1 Å². The van der Waals surface area contributed by atoms with E-state index >= 15 is 0 Å². The van der Waals surface area contributed by atoms with E-state index in [1.54, 1.807) is 0 Å². The third-order valence-electron chi connectivity index (χ3n) is 3.88. The molecule has 11 heteroatoms. The minimum Gasteiger partial charge on any atom is -0.490 e. The third kappa shape index (κ3) is 4.34. The fraction of sp³-hybridized carbons (Fsp3) is 0.235. The fourth-order valence-electron chi connectivity index (χ4n) is 2.51. The van der Waals surface area contributed by atoms with E-state index in [-0.39, 0.29) is 21.2 Å². The second-order valence-electron chi connectivity index (χ2n) is 6.03. The van der Waals surface area contributed by atoms with Crippen molar-refractivity contribution in [2.45, 2.75) is 11.3 Å². The number of hydrogen-bond acceptors (Lipinski definition) is 7. The van der Waals surface area contributed by atoms with Crippen molar-refractivity contribution in [3.05, 3.63) is 51.0 Å². The summed E-state index contributed by atoms with van der Waals surface area (Å²) in [5.41, 5.74) is -0.515. The first-order chi connectivity index (χ1) is 13.1. The lowest BCUT2D eigenvalue weighted by Gasteiger charge is -2.13. The van der Waals surface area contributed by atoms with E-state index in [4.69, 9.17) is 21.1 Å². The number of sulfone groups is 1. The van der Waals surface area contributed by atoms with E-state index < -0.39 is 26.4 Å². The number of nitrogens with one attached hydrogen (secondary N) is 1. The summed E-state index contributed by atoms with van der Waals surface area (Å²) < 4.78 is 34.6. The van der Waals surface area contributed by atoms with Gasteiger partial charge in [0.2, 0.25) is 0 Å². The van der Waals surface area contributed by atoms with Gasteiger partial charge in [0.15, 0.2) is 21.3 Å². The number of nitro groups is 1. The topological polar surface area (TPSA) is 125 Å². The lowest BCUT2D eigenvalue weighted by Crippen LogP contribution is -2.14. The Morgan fingerprint density at radius 2 is 1.79 bits per heavy atom. The minimum atomic E-state index is -3.76. The Bertz CT molecular complexity index is 1070. The van der Waals surface area contributed by atoms with Crippen LogP contribution in [0.1, 0.15) is 16.8 Å². The molecule has 9 nitrogen and oxygen atoms in total. The van der Waals surface area contributed by atoms with Crippen LogP contribution in [0.15, 0.2) is 35.2 Å². The minimum absolute atomic E-state index is 0.173. The van der Waals surface area contributed by atoms with Crippen LogP contribution >= 0.6 is 11.6 Å². The van der Waals surface area contributed by atoms with Gasteiger partial charge in [0.05, 0.1) is 33.7 Å². The Morgan fingerprint density at radius 1 is 1.14 bits per heavy atom. The third-order valence-corrected chi connectivity index (χ3v) is 5.28. The molecule has 0 spiro atoms. The van der Waals surface area contributed by atoms with Gasteiger partial charge in [0.1, 0.15) is 0 Å². The van der Waals surface area contributed by atoms with Gasteiger partial charge in [-0.15, -0.1) is 0 Å². The normalized spacial score (nSPS) is 13.5. The lowest BCUT2D eigenvalue weighted by molar-refractivity contribution is -0.385. The highest BCUT2D eigenvalue weighted by atomic mass is 35.5. The standard InChI is InChI=1S/C17H15ClN2O7S/c1-28(24,25)12-6-10(5-11(7-12)20(22)23)17(21)19-14-9-16-15(8-13(14)18)26-3-2-4-27-16/h5-9H,2-4H2,1H3,(H,19,21). The Labute approximate surface area is 165 Å². The summed E-state index contributed by atoms with van der Waals surface area (Å²) in [7, 11) is -3.76. The Hall–Kier alpha value is -2.85. The van der Waals surface area contributed by atoms with Crippen molar-refractivity contribution < 1.29 is 27.6 Å². The Morgan fingerprint density at radius 3 is 2.39 bits per heavy atom. The molecule has 2 aromatic carbocycles. The lowest BCUT2D eigenvalue weighted by atomic mass is 10.1. The number of anilines is 1. The van der Waals surface area contributed by atoms with Gasteiger partial charge in [0, 0.05) is 42.5 Å². The van der Waals surface area contributed by atoms with Crippen molar-refractivity contribution in [3.8, 4) is 11.5 Å². The molecule has 3 rings (SSSR count). The number of nitro benzene ring substituents is 1. The quantitative estimate of drug-likeness (QED) is 0.588. The SMILES string of the molecule is CS(=O)(=O)c1cc(C(=O)Nc2cc3c(cc2Cl)OCCCO3)cc([N+](=O)[O-])c1. The zero-order valence-corrected chi connectivity index (χ0v) is 16.2. The van der Waals surface area contributed by atoms with Crippen LogP contribution in [0.25, 0.3) is 0 Å². The van der Waals surface area contributed by atoms with Crippen molar-refractivity contribution in [2.75, 3.05) is 24.8 Å². The molecule has 1 heterocycles. The van der Waals surface area contributed by atoms with Crippen LogP contribution in [-0.4, -0.2) is 38.7 Å². The highest BCUT2D eigenvalue weighted by molar-refractivity contribution is 7.90. The monoisotopic (exact) mass is 426 g/mol. The number of carbonyl (C=O) groups is 1. The molecule has 0 saturated carbocycles. The number of hydrogen-bond donors (Lipinski definition) is 1. The number of benzene rings is 2.